The van der Waals surface area contributed by atoms with Crippen LogP contribution in [0.1, 0.15) is 43.9 Å². The van der Waals surface area contributed by atoms with Gasteiger partial charge in [-0.25, -0.2) is 14.8 Å². The number of nitrogens with zero attached hydrogens (tertiary/aromatic N) is 5. The van der Waals surface area contributed by atoms with Gasteiger partial charge in [-0.1, -0.05) is 13.3 Å². The van der Waals surface area contributed by atoms with Gasteiger partial charge in [-0.05, 0) is 19.3 Å². The second kappa shape index (κ2) is 7.54. The van der Waals surface area contributed by atoms with Crippen molar-refractivity contribution >= 4 is 11.8 Å². The van der Waals surface area contributed by atoms with E-state index in [1.165, 1.54) is 12.8 Å². The van der Waals surface area contributed by atoms with Crippen LogP contribution in [0, 0.1) is 0 Å². The first kappa shape index (κ1) is 17.8. The Morgan fingerprint density at radius 3 is 2.89 bits per heavy atom. The number of rotatable bonds is 6. The van der Waals surface area contributed by atoms with Crippen molar-refractivity contribution in [2.75, 3.05) is 18.4 Å². The van der Waals surface area contributed by atoms with Crippen LogP contribution in [0.3, 0.4) is 0 Å². The maximum atomic E-state index is 12.5. The number of carbonyl (C=O) groups excluding carboxylic acids is 1. The number of aromatic nitrogens is 4. The second-order valence-electron chi connectivity index (χ2n) is 7.40. The number of unbranched alkanes of at least 4 members (excludes halogenated alkanes) is 1. The van der Waals surface area contributed by atoms with Crippen LogP contribution in [0.5, 0.6) is 0 Å². The van der Waals surface area contributed by atoms with Crippen molar-refractivity contribution in [3.8, 4) is 11.4 Å². The highest BCUT2D eigenvalue weighted by molar-refractivity contribution is 5.75. The van der Waals surface area contributed by atoms with E-state index in [1.54, 1.807) is 10.9 Å². The summed E-state index contributed by atoms with van der Waals surface area (Å²) >= 11 is 0. The third kappa shape index (κ3) is 4.04. The second-order valence-corrected chi connectivity index (χ2v) is 7.40. The summed E-state index contributed by atoms with van der Waals surface area (Å²) < 4.78 is 1.76. The number of carbonyl (C=O) groups is 1. The van der Waals surface area contributed by atoms with Crippen molar-refractivity contribution in [2.45, 2.75) is 51.6 Å². The van der Waals surface area contributed by atoms with Crippen molar-refractivity contribution in [1.82, 2.24) is 30.0 Å². The average molecular weight is 369 g/mol. The largest absolute Gasteiger partial charge is 0.367 e. The van der Waals surface area contributed by atoms with Gasteiger partial charge >= 0.3 is 6.03 Å². The summed E-state index contributed by atoms with van der Waals surface area (Å²) in [4.78, 5) is 23.9. The summed E-state index contributed by atoms with van der Waals surface area (Å²) in [5.74, 6) is 1.57. The lowest BCUT2D eigenvalue weighted by Gasteiger charge is -2.30. The monoisotopic (exact) mass is 369 g/mol. The molecule has 144 valence electrons. The van der Waals surface area contributed by atoms with Crippen LogP contribution in [-0.2, 0) is 20.0 Å². The van der Waals surface area contributed by atoms with E-state index in [1.807, 2.05) is 18.1 Å². The predicted molar refractivity (Wildman–Crippen MR) is 103 cm³/mol. The number of hydrogen-bond acceptors (Lipinski definition) is 5. The van der Waals surface area contributed by atoms with E-state index in [-0.39, 0.29) is 6.03 Å². The van der Waals surface area contributed by atoms with E-state index in [9.17, 15) is 4.79 Å². The topological polar surface area (TPSA) is 88.0 Å². The fraction of sp³-hybridized carbons (Fsp3) is 0.579. The molecule has 8 heteroatoms. The summed E-state index contributed by atoms with van der Waals surface area (Å²) in [5, 5.41) is 10.8. The van der Waals surface area contributed by atoms with Gasteiger partial charge in [-0.2, -0.15) is 5.10 Å². The number of hydrogen-bond donors (Lipinski definition) is 2. The predicted octanol–water partition coefficient (Wildman–Crippen LogP) is 2.32. The molecule has 8 nitrogen and oxygen atoms in total. The third-order valence-electron chi connectivity index (χ3n) is 5.04. The molecule has 4 rings (SSSR count). The minimum atomic E-state index is 0.00260. The van der Waals surface area contributed by atoms with Gasteiger partial charge in [-0.15, -0.1) is 0 Å². The molecule has 1 fully saturated rings. The standard InChI is InChI=1S/C19H27N7O/c1-3-4-8-20-19(27)26-9-7-16-15(12-26)18(22-14-5-6-14)24-17(23-16)13-10-21-25(2)11-13/h10-11,14H,3-9,12H2,1-2H3,(H,20,27)(H,22,23,24). The van der Waals surface area contributed by atoms with Crippen LogP contribution in [-0.4, -0.2) is 49.8 Å². The molecule has 2 N–H and O–H groups in total. The maximum Gasteiger partial charge on any atom is 0.317 e. The molecule has 1 saturated carbocycles. The quantitative estimate of drug-likeness (QED) is 0.763. The lowest BCUT2D eigenvalue weighted by atomic mass is 10.1. The minimum Gasteiger partial charge on any atom is -0.367 e. The summed E-state index contributed by atoms with van der Waals surface area (Å²) in [6, 6.07) is 0.488. The molecule has 0 saturated heterocycles. The van der Waals surface area contributed by atoms with E-state index in [0.29, 0.717) is 25.0 Å². The number of nitrogens with one attached hydrogen (secondary N) is 2. The Morgan fingerprint density at radius 2 is 2.19 bits per heavy atom. The Kier molecular flexibility index (Phi) is 4.96. The molecule has 1 aliphatic heterocycles. The van der Waals surface area contributed by atoms with Gasteiger partial charge in [0.15, 0.2) is 5.82 Å². The summed E-state index contributed by atoms with van der Waals surface area (Å²) in [7, 11) is 1.89. The maximum absolute atomic E-state index is 12.5. The first-order valence-corrected chi connectivity index (χ1v) is 9.82. The summed E-state index contributed by atoms with van der Waals surface area (Å²) in [6.45, 7) is 4.08. The first-order valence-electron chi connectivity index (χ1n) is 9.82. The molecule has 2 aromatic heterocycles. The lowest BCUT2D eigenvalue weighted by molar-refractivity contribution is 0.192. The zero-order chi connectivity index (χ0) is 18.8. The number of amides is 2. The van der Waals surface area contributed by atoms with Crippen LogP contribution in [0.15, 0.2) is 12.4 Å². The fourth-order valence-corrected chi connectivity index (χ4v) is 3.28. The highest BCUT2D eigenvalue weighted by Gasteiger charge is 2.29. The van der Waals surface area contributed by atoms with Gasteiger partial charge in [0.1, 0.15) is 5.82 Å². The normalized spacial score (nSPS) is 16.1. The SMILES string of the molecule is CCCCNC(=O)N1CCc2nc(-c3cnn(C)c3)nc(NC3CC3)c2C1. The van der Waals surface area contributed by atoms with E-state index in [0.717, 1.165) is 48.4 Å². The zero-order valence-electron chi connectivity index (χ0n) is 16.0. The number of anilines is 1. The third-order valence-corrected chi connectivity index (χ3v) is 5.04. The number of aryl methyl sites for hydroxylation is 1. The Bertz CT molecular complexity index is 827. The van der Waals surface area contributed by atoms with Crippen molar-refractivity contribution in [2.24, 2.45) is 7.05 Å². The van der Waals surface area contributed by atoms with E-state index >= 15 is 0 Å². The van der Waals surface area contributed by atoms with Gasteiger partial charge in [0.05, 0.1) is 24.0 Å². The van der Waals surface area contributed by atoms with Crippen LogP contribution < -0.4 is 10.6 Å². The molecule has 0 spiro atoms. The molecule has 0 bridgehead atoms. The molecule has 0 unspecified atom stereocenters. The Balaban J connectivity index is 1.58. The van der Waals surface area contributed by atoms with Crippen molar-refractivity contribution in [3.05, 3.63) is 23.7 Å². The fourth-order valence-electron chi connectivity index (χ4n) is 3.28. The van der Waals surface area contributed by atoms with Crippen molar-refractivity contribution in [3.63, 3.8) is 0 Å². The Morgan fingerprint density at radius 1 is 1.33 bits per heavy atom. The zero-order valence-corrected chi connectivity index (χ0v) is 16.0. The minimum absolute atomic E-state index is 0.00260. The van der Waals surface area contributed by atoms with Crippen molar-refractivity contribution < 1.29 is 4.79 Å². The number of fused-ring (bicyclic) bond motifs is 1. The summed E-state index contributed by atoms with van der Waals surface area (Å²) in [5.41, 5.74) is 3.00. The van der Waals surface area contributed by atoms with Crippen LogP contribution in [0.2, 0.25) is 0 Å². The lowest BCUT2D eigenvalue weighted by Crippen LogP contribution is -2.43. The van der Waals surface area contributed by atoms with Gasteiger partial charge in [0.25, 0.3) is 0 Å². The molecule has 2 aliphatic rings. The highest BCUT2D eigenvalue weighted by atomic mass is 16.2. The van der Waals surface area contributed by atoms with Crippen LogP contribution in [0.25, 0.3) is 11.4 Å². The first-order chi connectivity index (χ1) is 13.1. The molecule has 3 heterocycles. The molecular weight excluding hydrogens is 342 g/mol. The van der Waals surface area contributed by atoms with Gasteiger partial charge in [0, 0.05) is 44.4 Å². The molecular formula is C19H27N7O. The highest BCUT2D eigenvalue weighted by Crippen LogP contribution is 2.31. The van der Waals surface area contributed by atoms with Gasteiger partial charge < -0.3 is 15.5 Å². The molecule has 0 aromatic carbocycles. The summed E-state index contributed by atoms with van der Waals surface area (Å²) in [6.07, 6.45) is 8.87. The van der Waals surface area contributed by atoms with Gasteiger partial charge in [0.2, 0.25) is 0 Å². The molecule has 0 radical (unpaired) electrons. The smallest absolute Gasteiger partial charge is 0.317 e. The number of urea groups is 1. The van der Waals surface area contributed by atoms with Gasteiger partial charge in [-0.3, -0.25) is 4.68 Å². The molecule has 2 amide bonds. The van der Waals surface area contributed by atoms with E-state index in [4.69, 9.17) is 9.97 Å². The van der Waals surface area contributed by atoms with E-state index < -0.39 is 0 Å². The van der Waals surface area contributed by atoms with Crippen molar-refractivity contribution in [1.29, 1.82) is 0 Å². The van der Waals surface area contributed by atoms with Crippen LogP contribution >= 0.6 is 0 Å². The Labute approximate surface area is 159 Å². The Hall–Kier alpha value is -2.64. The molecule has 2 aromatic rings. The molecule has 0 atom stereocenters. The molecule has 1 aliphatic carbocycles. The average Bonchev–Trinajstić information content (AvgIpc) is 3.38. The van der Waals surface area contributed by atoms with E-state index in [2.05, 4.69) is 22.7 Å². The van der Waals surface area contributed by atoms with Crippen LogP contribution in [0.4, 0.5) is 10.6 Å². The molecule has 27 heavy (non-hydrogen) atoms.